The van der Waals surface area contributed by atoms with Crippen molar-refractivity contribution in [3.63, 3.8) is 0 Å². The van der Waals surface area contributed by atoms with Gasteiger partial charge in [0.05, 0.1) is 29.5 Å². The number of fused-ring (bicyclic) bond motifs is 1. The van der Waals surface area contributed by atoms with E-state index >= 15 is 0 Å². The molecule has 0 bridgehead atoms. The van der Waals surface area contributed by atoms with Crippen LogP contribution in [0.25, 0.3) is 11.0 Å². The summed E-state index contributed by atoms with van der Waals surface area (Å²) >= 11 is 3.21. The lowest BCUT2D eigenvalue weighted by molar-refractivity contribution is -0.146. The Balaban J connectivity index is 2.15. The van der Waals surface area contributed by atoms with E-state index in [-0.39, 0.29) is 12.1 Å². The van der Waals surface area contributed by atoms with Crippen molar-refractivity contribution >= 4 is 27.0 Å². The molecule has 0 fully saturated rings. The second-order valence-corrected chi connectivity index (χ2v) is 5.54. The minimum atomic E-state index is -4.59. The molecule has 8 heteroatoms. The summed E-state index contributed by atoms with van der Waals surface area (Å²) in [6.45, 7) is -0.146. The minimum absolute atomic E-state index is 0.146. The van der Waals surface area contributed by atoms with Crippen LogP contribution in [0.15, 0.2) is 41.0 Å². The number of nitrogens with zero attached hydrogens (tertiary/aromatic N) is 3. The summed E-state index contributed by atoms with van der Waals surface area (Å²) in [5, 5.41) is 0. The molecule has 0 radical (unpaired) electrons. The number of imidazole rings is 1. The van der Waals surface area contributed by atoms with E-state index in [1.54, 1.807) is 12.1 Å². The van der Waals surface area contributed by atoms with Gasteiger partial charge in [-0.15, -0.1) is 0 Å². The fourth-order valence-electron chi connectivity index (χ4n) is 2.14. The van der Waals surface area contributed by atoms with Crippen molar-refractivity contribution in [1.29, 1.82) is 0 Å². The van der Waals surface area contributed by atoms with E-state index in [1.807, 2.05) is 0 Å². The number of hydrogen-bond acceptors (Lipinski definition) is 2. The third-order valence-electron chi connectivity index (χ3n) is 3.07. The lowest BCUT2D eigenvalue weighted by Crippen LogP contribution is -2.16. The van der Waals surface area contributed by atoms with Crippen LogP contribution in [0, 0.1) is 5.82 Å². The fourth-order valence-corrected chi connectivity index (χ4v) is 2.49. The fraction of sp³-hybridized carbons (Fsp3) is 0.143. The van der Waals surface area contributed by atoms with Crippen LogP contribution in [0.5, 0.6) is 0 Å². The summed E-state index contributed by atoms with van der Waals surface area (Å²) in [6.07, 6.45) is -3.62. The molecule has 0 atom stereocenters. The van der Waals surface area contributed by atoms with E-state index in [1.165, 1.54) is 12.1 Å². The van der Waals surface area contributed by atoms with Crippen LogP contribution in [0.4, 0.5) is 17.6 Å². The summed E-state index contributed by atoms with van der Waals surface area (Å²) in [4.78, 5) is 7.47. The van der Waals surface area contributed by atoms with Crippen LogP contribution >= 0.6 is 15.9 Å². The zero-order valence-corrected chi connectivity index (χ0v) is 12.5. The zero-order chi connectivity index (χ0) is 15.9. The van der Waals surface area contributed by atoms with Crippen LogP contribution < -0.4 is 0 Å². The van der Waals surface area contributed by atoms with Crippen molar-refractivity contribution in [3.8, 4) is 0 Å². The number of hydrogen-bond donors (Lipinski definition) is 0. The molecule has 2 aromatic heterocycles. The van der Waals surface area contributed by atoms with Crippen molar-refractivity contribution in [3.05, 3.63) is 58.3 Å². The number of pyridine rings is 1. The molecule has 3 rings (SSSR count). The van der Waals surface area contributed by atoms with Gasteiger partial charge in [-0.25, -0.2) is 9.37 Å². The first-order valence-electron chi connectivity index (χ1n) is 6.18. The maximum Gasteiger partial charge on any atom is 0.449 e. The number of halogens is 5. The van der Waals surface area contributed by atoms with E-state index in [0.29, 0.717) is 15.7 Å². The van der Waals surface area contributed by atoms with Crippen LogP contribution in [-0.4, -0.2) is 14.5 Å². The topological polar surface area (TPSA) is 30.7 Å². The maximum absolute atomic E-state index is 13.2. The van der Waals surface area contributed by atoms with Crippen molar-refractivity contribution < 1.29 is 17.6 Å². The SMILES string of the molecule is Fc1ccc(Cn2c(C(F)(F)F)nc3cc(Br)ccc32)nc1. The molecule has 114 valence electrons. The summed E-state index contributed by atoms with van der Waals surface area (Å²) in [5.74, 6) is -1.55. The third kappa shape index (κ3) is 2.83. The quantitative estimate of drug-likeness (QED) is 0.623. The van der Waals surface area contributed by atoms with Gasteiger partial charge in [0.2, 0.25) is 5.82 Å². The maximum atomic E-state index is 13.2. The Morgan fingerprint density at radius 1 is 1.14 bits per heavy atom. The molecule has 0 unspecified atom stereocenters. The molecule has 0 aliphatic heterocycles. The average Bonchev–Trinajstić information content (AvgIpc) is 2.79. The van der Waals surface area contributed by atoms with Gasteiger partial charge in [-0.05, 0) is 30.3 Å². The Morgan fingerprint density at radius 3 is 2.55 bits per heavy atom. The second kappa shape index (κ2) is 5.35. The molecule has 0 aliphatic rings. The van der Waals surface area contributed by atoms with Gasteiger partial charge in [-0.1, -0.05) is 15.9 Å². The second-order valence-electron chi connectivity index (χ2n) is 4.62. The highest BCUT2D eigenvalue weighted by molar-refractivity contribution is 9.10. The predicted octanol–water partition coefficient (Wildman–Crippen LogP) is 4.40. The average molecular weight is 374 g/mol. The number of rotatable bonds is 2. The summed E-state index contributed by atoms with van der Waals surface area (Å²) < 4.78 is 54.1. The summed E-state index contributed by atoms with van der Waals surface area (Å²) in [7, 11) is 0. The van der Waals surface area contributed by atoms with Gasteiger partial charge >= 0.3 is 6.18 Å². The molecule has 0 aliphatic carbocycles. The predicted molar refractivity (Wildman–Crippen MR) is 75.7 cm³/mol. The van der Waals surface area contributed by atoms with Crippen molar-refractivity contribution in [1.82, 2.24) is 14.5 Å². The van der Waals surface area contributed by atoms with E-state index in [9.17, 15) is 17.6 Å². The van der Waals surface area contributed by atoms with Crippen molar-refractivity contribution in [2.45, 2.75) is 12.7 Å². The van der Waals surface area contributed by atoms with Crippen LogP contribution in [0.1, 0.15) is 11.5 Å². The molecule has 0 N–H and O–H groups in total. The highest BCUT2D eigenvalue weighted by atomic mass is 79.9. The molecule has 0 spiro atoms. The summed E-state index contributed by atoms with van der Waals surface area (Å²) in [6, 6.07) is 7.20. The normalized spacial score (nSPS) is 12.0. The van der Waals surface area contributed by atoms with E-state index in [4.69, 9.17) is 0 Å². The molecule has 3 nitrogen and oxygen atoms in total. The Hall–Kier alpha value is -1.96. The third-order valence-corrected chi connectivity index (χ3v) is 3.57. The van der Waals surface area contributed by atoms with E-state index in [2.05, 4.69) is 25.9 Å². The van der Waals surface area contributed by atoms with Crippen molar-refractivity contribution in [2.24, 2.45) is 0 Å². The lowest BCUT2D eigenvalue weighted by Gasteiger charge is -2.11. The van der Waals surface area contributed by atoms with Crippen LogP contribution in [0.2, 0.25) is 0 Å². The monoisotopic (exact) mass is 373 g/mol. The first-order chi connectivity index (χ1) is 10.3. The van der Waals surface area contributed by atoms with E-state index < -0.39 is 17.8 Å². The molecule has 0 amide bonds. The first kappa shape index (κ1) is 15.0. The molecular formula is C14H8BrF4N3. The molecule has 3 aromatic rings. The van der Waals surface area contributed by atoms with Gasteiger partial charge in [0.1, 0.15) is 5.82 Å². The smallest absolute Gasteiger partial charge is 0.314 e. The van der Waals surface area contributed by atoms with Gasteiger partial charge < -0.3 is 4.57 Å². The van der Waals surface area contributed by atoms with Gasteiger partial charge in [0.15, 0.2) is 0 Å². The van der Waals surface area contributed by atoms with Gasteiger partial charge in [0.25, 0.3) is 0 Å². The Morgan fingerprint density at radius 2 is 1.91 bits per heavy atom. The molecule has 1 aromatic carbocycles. The van der Waals surface area contributed by atoms with Gasteiger partial charge in [-0.3, -0.25) is 4.98 Å². The first-order valence-corrected chi connectivity index (χ1v) is 6.97. The molecular weight excluding hydrogens is 366 g/mol. The Kier molecular flexibility index (Phi) is 3.64. The van der Waals surface area contributed by atoms with Crippen molar-refractivity contribution in [2.75, 3.05) is 0 Å². The zero-order valence-electron chi connectivity index (χ0n) is 10.9. The number of benzene rings is 1. The number of alkyl halides is 3. The largest absolute Gasteiger partial charge is 0.449 e. The molecule has 0 saturated carbocycles. The number of aromatic nitrogens is 3. The van der Waals surface area contributed by atoms with E-state index in [0.717, 1.165) is 16.8 Å². The van der Waals surface area contributed by atoms with Gasteiger partial charge in [-0.2, -0.15) is 13.2 Å². The highest BCUT2D eigenvalue weighted by Crippen LogP contribution is 2.32. The minimum Gasteiger partial charge on any atom is -0.314 e. The molecule has 22 heavy (non-hydrogen) atoms. The Bertz CT molecular complexity index is 824. The molecule has 2 heterocycles. The Labute approximate surface area is 130 Å². The standard InChI is InChI=1S/C14H8BrF4N3/c15-8-1-4-12-11(5-8)21-13(14(17,18)19)22(12)7-10-3-2-9(16)6-20-10/h1-6H,7H2. The highest BCUT2D eigenvalue weighted by Gasteiger charge is 2.37. The summed E-state index contributed by atoms with van der Waals surface area (Å²) in [5.41, 5.74) is 0.875. The van der Waals surface area contributed by atoms with Gasteiger partial charge in [0, 0.05) is 4.47 Å². The lowest BCUT2D eigenvalue weighted by atomic mass is 10.3. The molecule has 0 saturated heterocycles. The van der Waals surface area contributed by atoms with Crippen LogP contribution in [-0.2, 0) is 12.7 Å². The van der Waals surface area contributed by atoms with Crippen LogP contribution in [0.3, 0.4) is 0 Å².